The third-order valence-corrected chi connectivity index (χ3v) is 3.91. The Bertz CT molecular complexity index is 561. The third kappa shape index (κ3) is 3.89. The van der Waals surface area contributed by atoms with Crippen LogP contribution in [0.3, 0.4) is 0 Å². The van der Waals surface area contributed by atoms with Crippen LogP contribution in [0.4, 0.5) is 5.69 Å². The molecule has 0 aliphatic carbocycles. The molecule has 0 bridgehead atoms. The third-order valence-electron chi connectivity index (χ3n) is 3.37. The van der Waals surface area contributed by atoms with Gasteiger partial charge in [0.1, 0.15) is 6.04 Å². The second-order valence-electron chi connectivity index (χ2n) is 5.59. The van der Waals surface area contributed by atoms with E-state index < -0.39 is 6.04 Å². The van der Waals surface area contributed by atoms with E-state index in [0.29, 0.717) is 34.6 Å². The highest BCUT2D eigenvalue weighted by molar-refractivity contribution is 6.36. The molecule has 114 valence electrons. The van der Waals surface area contributed by atoms with Crippen molar-refractivity contribution in [3.63, 3.8) is 0 Å². The molecule has 1 atom stereocenters. The second-order valence-corrected chi connectivity index (χ2v) is 6.43. The molecule has 0 saturated carbocycles. The van der Waals surface area contributed by atoms with Crippen LogP contribution in [-0.2, 0) is 9.59 Å². The molecule has 1 N–H and O–H groups in total. The Hall–Kier alpha value is -1.26. The van der Waals surface area contributed by atoms with E-state index in [2.05, 4.69) is 5.32 Å². The molecule has 1 heterocycles. The smallest absolute Gasteiger partial charge is 0.249 e. The van der Waals surface area contributed by atoms with Crippen molar-refractivity contribution in [2.24, 2.45) is 5.92 Å². The van der Waals surface area contributed by atoms with Crippen LogP contribution in [0.2, 0.25) is 10.0 Å². The predicted molar refractivity (Wildman–Crippen MR) is 84.8 cm³/mol. The Morgan fingerprint density at radius 1 is 1.33 bits per heavy atom. The average Bonchev–Trinajstić information content (AvgIpc) is 2.51. The van der Waals surface area contributed by atoms with E-state index in [1.807, 2.05) is 13.8 Å². The second kappa shape index (κ2) is 6.67. The molecule has 1 fully saturated rings. The molecule has 1 saturated heterocycles. The van der Waals surface area contributed by atoms with Gasteiger partial charge in [-0.25, -0.2) is 0 Å². The molecule has 0 spiro atoms. The largest absolute Gasteiger partial charge is 0.344 e. The van der Waals surface area contributed by atoms with Gasteiger partial charge in [-0.3, -0.25) is 9.59 Å². The van der Waals surface area contributed by atoms with Gasteiger partial charge in [-0.15, -0.1) is 0 Å². The Morgan fingerprint density at radius 3 is 2.67 bits per heavy atom. The maximum Gasteiger partial charge on any atom is 0.249 e. The normalized spacial score (nSPS) is 19.7. The van der Waals surface area contributed by atoms with Crippen molar-refractivity contribution in [1.29, 1.82) is 0 Å². The minimum atomic E-state index is -0.508. The molecule has 0 aromatic heterocycles. The first-order valence-electron chi connectivity index (χ1n) is 6.94. The maximum atomic E-state index is 12.7. The molecule has 0 radical (unpaired) electrons. The molecule has 4 nitrogen and oxygen atoms in total. The van der Waals surface area contributed by atoms with E-state index in [1.165, 1.54) is 0 Å². The Morgan fingerprint density at radius 2 is 2.05 bits per heavy atom. The van der Waals surface area contributed by atoms with Gasteiger partial charge in [-0.2, -0.15) is 0 Å². The quantitative estimate of drug-likeness (QED) is 0.925. The first-order valence-corrected chi connectivity index (χ1v) is 7.70. The molecule has 2 rings (SSSR count). The standard InChI is InChI=1S/C15H18Cl2N2O2/c1-9(2)7-12-15(21)19(6-5-14(20)18-12)13-4-3-10(16)8-11(13)17/h3-4,8-9,12H,5-7H2,1-2H3,(H,18,20). The summed E-state index contributed by atoms with van der Waals surface area (Å²) >= 11 is 12.1. The number of carbonyl (C=O) groups is 2. The molecule has 21 heavy (non-hydrogen) atoms. The summed E-state index contributed by atoms with van der Waals surface area (Å²) in [5.41, 5.74) is 0.594. The summed E-state index contributed by atoms with van der Waals surface area (Å²) in [6, 6.07) is 4.49. The van der Waals surface area contributed by atoms with Crippen LogP contribution in [0.5, 0.6) is 0 Å². The Kier molecular flexibility index (Phi) is 5.12. The molecule has 6 heteroatoms. The van der Waals surface area contributed by atoms with Gasteiger partial charge in [0.05, 0.1) is 10.7 Å². The monoisotopic (exact) mass is 328 g/mol. The van der Waals surface area contributed by atoms with E-state index in [1.54, 1.807) is 23.1 Å². The van der Waals surface area contributed by atoms with Crippen LogP contribution in [0.25, 0.3) is 0 Å². The van der Waals surface area contributed by atoms with Crippen molar-refractivity contribution in [2.75, 3.05) is 11.4 Å². The van der Waals surface area contributed by atoms with Crippen molar-refractivity contribution in [3.05, 3.63) is 28.2 Å². The number of anilines is 1. The molecule has 1 aromatic carbocycles. The van der Waals surface area contributed by atoms with E-state index in [9.17, 15) is 9.59 Å². The number of benzene rings is 1. The first kappa shape index (κ1) is 16.1. The van der Waals surface area contributed by atoms with Gasteiger partial charge in [-0.05, 0) is 30.5 Å². The molecule has 1 aliphatic heterocycles. The van der Waals surface area contributed by atoms with E-state index in [4.69, 9.17) is 23.2 Å². The molecule has 1 aromatic rings. The van der Waals surface area contributed by atoms with Crippen molar-refractivity contribution >= 4 is 40.7 Å². The molecular formula is C15H18Cl2N2O2. The minimum absolute atomic E-state index is 0.110. The topological polar surface area (TPSA) is 49.4 Å². The summed E-state index contributed by atoms with van der Waals surface area (Å²) in [4.78, 5) is 26.0. The van der Waals surface area contributed by atoms with Gasteiger partial charge in [0, 0.05) is 18.0 Å². The molecular weight excluding hydrogens is 311 g/mol. The lowest BCUT2D eigenvalue weighted by Crippen LogP contribution is -2.45. The first-order chi connectivity index (χ1) is 9.88. The van der Waals surface area contributed by atoms with Gasteiger partial charge in [0.25, 0.3) is 0 Å². The van der Waals surface area contributed by atoms with Crippen LogP contribution in [0.1, 0.15) is 26.7 Å². The lowest BCUT2D eigenvalue weighted by Gasteiger charge is -2.25. The summed E-state index contributed by atoms with van der Waals surface area (Å²) in [7, 11) is 0. The highest BCUT2D eigenvalue weighted by Gasteiger charge is 2.31. The number of hydrogen-bond donors (Lipinski definition) is 1. The van der Waals surface area contributed by atoms with Crippen molar-refractivity contribution < 1.29 is 9.59 Å². The van der Waals surface area contributed by atoms with Crippen LogP contribution >= 0.6 is 23.2 Å². The SMILES string of the molecule is CC(C)CC1NC(=O)CCN(c2ccc(Cl)cc2Cl)C1=O. The van der Waals surface area contributed by atoms with Gasteiger partial charge in [0.15, 0.2) is 0 Å². The minimum Gasteiger partial charge on any atom is -0.344 e. The number of amides is 2. The molecule has 1 aliphatic rings. The lowest BCUT2D eigenvalue weighted by atomic mass is 10.0. The zero-order valence-electron chi connectivity index (χ0n) is 12.0. The van der Waals surface area contributed by atoms with Crippen molar-refractivity contribution in [3.8, 4) is 0 Å². The fourth-order valence-corrected chi connectivity index (χ4v) is 2.92. The number of hydrogen-bond acceptors (Lipinski definition) is 2. The fourth-order valence-electron chi connectivity index (χ4n) is 2.41. The van der Waals surface area contributed by atoms with Crippen molar-refractivity contribution in [2.45, 2.75) is 32.7 Å². The van der Waals surface area contributed by atoms with Crippen LogP contribution in [0.15, 0.2) is 18.2 Å². The zero-order chi connectivity index (χ0) is 15.6. The summed E-state index contributed by atoms with van der Waals surface area (Å²) < 4.78 is 0. The predicted octanol–water partition coefficient (Wildman–Crippen LogP) is 3.26. The van der Waals surface area contributed by atoms with E-state index in [-0.39, 0.29) is 18.2 Å². The molecule has 1 unspecified atom stereocenters. The van der Waals surface area contributed by atoms with E-state index >= 15 is 0 Å². The van der Waals surface area contributed by atoms with Gasteiger partial charge in [0.2, 0.25) is 11.8 Å². The highest BCUT2D eigenvalue weighted by Crippen LogP contribution is 2.30. The van der Waals surface area contributed by atoms with Gasteiger partial charge >= 0.3 is 0 Å². The number of nitrogens with one attached hydrogen (secondary N) is 1. The number of nitrogens with zero attached hydrogens (tertiary/aromatic N) is 1. The number of halogens is 2. The van der Waals surface area contributed by atoms with Crippen molar-refractivity contribution in [1.82, 2.24) is 5.32 Å². The molecule has 2 amide bonds. The van der Waals surface area contributed by atoms with Crippen LogP contribution in [0, 0.1) is 5.92 Å². The number of carbonyl (C=O) groups excluding carboxylic acids is 2. The summed E-state index contributed by atoms with van der Waals surface area (Å²) in [5, 5.41) is 3.71. The summed E-state index contributed by atoms with van der Waals surface area (Å²) in [6.07, 6.45) is 0.867. The number of rotatable bonds is 3. The maximum absolute atomic E-state index is 12.7. The summed E-state index contributed by atoms with van der Waals surface area (Å²) in [5.74, 6) is 0.0697. The van der Waals surface area contributed by atoms with Gasteiger partial charge in [-0.1, -0.05) is 37.0 Å². The lowest BCUT2D eigenvalue weighted by molar-refractivity contribution is -0.125. The Balaban J connectivity index is 2.32. The van der Waals surface area contributed by atoms with Crippen LogP contribution in [-0.4, -0.2) is 24.4 Å². The fraction of sp³-hybridized carbons (Fsp3) is 0.467. The van der Waals surface area contributed by atoms with Gasteiger partial charge < -0.3 is 10.2 Å². The van der Waals surface area contributed by atoms with E-state index in [0.717, 1.165) is 0 Å². The summed E-state index contributed by atoms with van der Waals surface area (Å²) in [6.45, 7) is 4.36. The highest BCUT2D eigenvalue weighted by atomic mass is 35.5. The van der Waals surface area contributed by atoms with Crippen LogP contribution < -0.4 is 10.2 Å². The zero-order valence-corrected chi connectivity index (χ0v) is 13.5. The Labute approximate surface area is 134 Å². The average molecular weight is 329 g/mol.